The quantitative estimate of drug-likeness (QED) is 0.443. The van der Waals surface area contributed by atoms with Crippen molar-refractivity contribution < 1.29 is 4.79 Å². The van der Waals surface area contributed by atoms with Crippen LogP contribution in [0, 0.1) is 0 Å². The van der Waals surface area contributed by atoms with Crippen molar-refractivity contribution in [2.24, 2.45) is 0 Å². The molecule has 1 amide bonds. The molecule has 0 atom stereocenters. The first-order valence-electron chi connectivity index (χ1n) is 8.48. The van der Waals surface area contributed by atoms with Gasteiger partial charge in [0.2, 0.25) is 0 Å². The van der Waals surface area contributed by atoms with Gasteiger partial charge in [-0.3, -0.25) is 4.79 Å². The van der Waals surface area contributed by atoms with Gasteiger partial charge < -0.3 is 10.3 Å². The van der Waals surface area contributed by atoms with Crippen molar-refractivity contribution in [1.82, 2.24) is 9.97 Å². The number of nitrogens with zero attached hydrogens (tertiary/aromatic N) is 1. The maximum Gasteiger partial charge on any atom is 0.291 e. The second-order valence-corrected chi connectivity index (χ2v) is 6.92. The van der Waals surface area contributed by atoms with Crippen molar-refractivity contribution >= 4 is 27.5 Å². The molecule has 3 aromatic carbocycles. The number of carbonyl (C=O) groups is 1. The summed E-state index contributed by atoms with van der Waals surface area (Å²) in [5.74, 6) is -0.00712. The third-order valence-electron chi connectivity index (χ3n) is 4.13. The van der Waals surface area contributed by atoms with E-state index in [9.17, 15) is 4.79 Å². The average Bonchev–Trinajstić information content (AvgIpc) is 3.17. The monoisotopic (exact) mass is 417 g/mol. The van der Waals surface area contributed by atoms with E-state index >= 15 is 0 Å². The molecule has 4 nitrogen and oxygen atoms in total. The fourth-order valence-corrected chi connectivity index (χ4v) is 3.09. The molecule has 1 aromatic heterocycles. The number of carbonyl (C=O) groups excluding carboxylic acids is 1. The maximum atomic E-state index is 12.7. The fourth-order valence-electron chi connectivity index (χ4n) is 2.82. The SMILES string of the molecule is O=C(Nc1ccc(Br)cc1)c1nc(-c2ccccc2)c(-c2ccccc2)[nH]1. The highest BCUT2D eigenvalue weighted by molar-refractivity contribution is 9.10. The van der Waals surface area contributed by atoms with Crippen molar-refractivity contribution in [1.29, 1.82) is 0 Å². The van der Waals surface area contributed by atoms with Crippen LogP contribution in [-0.2, 0) is 0 Å². The Morgan fingerprint density at radius 1 is 0.815 bits per heavy atom. The molecule has 1 heterocycles. The maximum absolute atomic E-state index is 12.7. The van der Waals surface area contributed by atoms with Gasteiger partial charge in [0.05, 0.1) is 11.4 Å². The van der Waals surface area contributed by atoms with Crippen LogP contribution >= 0.6 is 15.9 Å². The number of hydrogen-bond donors (Lipinski definition) is 2. The normalized spacial score (nSPS) is 10.6. The molecule has 0 bridgehead atoms. The predicted octanol–water partition coefficient (Wildman–Crippen LogP) is 5.76. The number of aromatic amines is 1. The summed E-state index contributed by atoms with van der Waals surface area (Å²) in [5, 5.41) is 2.88. The molecule has 0 radical (unpaired) electrons. The summed E-state index contributed by atoms with van der Waals surface area (Å²) in [6.45, 7) is 0. The van der Waals surface area contributed by atoms with Crippen molar-refractivity contribution in [2.45, 2.75) is 0 Å². The minimum atomic E-state index is -0.281. The lowest BCUT2D eigenvalue weighted by atomic mass is 10.1. The molecule has 5 heteroatoms. The van der Waals surface area contributed by atoms with Gasteiger partial charge in [-0.2, -0.15) is 0 Å². The minimum Gasteiger partial charge on any atom is -0.333 e. The van der Waals surface area contributed by atoms with Crippen LogP contribution in [-0.4, -0.2) is 15.9 Å². The zero-order chi connectivity index (χ0) is 18.6. The van der Waals surface area contributed by atoms with Crippen LogP contribution < -0.4 is 5.32 Å². The first kappa shape index (κ1) is 17.2. The smallest absolute Gasteiger partial charge is 0.291 e. The van der Waals surface area contributed by atoms with Gasteiger partial charge in [0.15, 0.2) is 5.82 Å². The Balaban J connectivity index is 1.72. The van der Waals surface area contributed by atoms with Gasteiger partial charge in [0.25, 0.3) is 5.91 Å². The van der Waals surface area contributed by atoms with Gasteiger partial charge >= 0.3 is 0 Å². The topological polar surface area (TPSA) is 57.8 Å². The van der Waals surface area contributed by atoms with Gasteiger partial charge in [0.1, 0.15) is 0 Å². The number of amides is 1. The number of benzene rings is 3. The third-order valence-corrected chi connectivity index (χ3v) is 4.66. The van der Waals surface area contributed by atoms with E-state index in [4.69, 9.17) is 0 Å². The molecule has 2 N–H and O–H groups in total. The number of H-pyrrole nitrogens is 1. The van der Waals surface area contributed by atoms with E-state index < -0.39 is 0 Å². The van der Waals surface area contributed by atoms with E-state index in [0.29, 0.717) is 5.69 Å². The van der Waals surface area contributed by atoms with Gasteiger partial charge in [-0.15, -0.1) is 0 Å². The van der Waals surface area contributed by atoms with Crippen LogP contribution in [0.2, 0.25) is 0 Å². The number of aromatic nitrogens is 2. The lowest BCUT2D eigenvalue weighted by Crippen LogP contribution is -2.13. The van der Waals surface area contributed by atoms with Crippen LogP contribution in [0.15, 0.2) is 89.4 Å². The summed E-state index contributed by atoms with van der Waals surface area (Å²) in [6.07, 6.45) is 0. The highest BCUT2D eigenvalue weighted by Crippen LogP contribution is 2.30. The molecule has 0 aliphatic heterocycles. The highest BCUT2D eigenvalue weighted by Gasteiger charge is 2.18. The number of anilines is 1. The van der Waals surface area contributed by atoms with Gasteiger partial charge in [-0.1, -0.05) is 76.6 Å². The Morgan fingerprint density at radius 2 is 1.41 bits per heavy atom. The fraction of sp³-hybridized carbons (Fsp3) is 0. The Morgan fingerprint density at radius 3 is 2.04 bits per heavy atom. The molecule has 4 rings (SSSR count). The molecule has 0 unspecified atom stereocenters. The predicted molar refractivity (Wildman–Crippen MR) is 112 cm³/mol. The van der Waals surface area contributed by atoms with Crippen LogP contribution in [0.25, 0.3) is 22.5 Å². The number of nitrogens with one attached hydrogen (secondary N) is 2. The minimum absolute atomic E-state index is 0.274. The first-order chi connectivity index (χ1) is 13.2. The van der Waals surface area contributed by atoms with Crippen LogP contribution in [0.4, 0.5) is 5.69 Å². The van der Waals surface area contributed by atoms with E-state index in [1.54, 1.807) is 0 Å². The van der Waals surface area contributed by atoms with Crippen molar-refractivity contribution in [3.05, 3.63) is 95.2 Å². The standard InChI is InChI=1S/C22H16BrN3O/c23-17-11-13-18(14-12-17)24-22(27)21-25-19(15-7-3-1-4-8-15)20(26-21)16-9-5-2-6-10-16/h1-14H,(H,24,27)(H,25,26). The summed E-state index contributed by atoms with van der Waals surface area (Å²) in [6, 6.07) is 27.2. The highest BCUT2D eigenvalue weighted by atomic mass is 79.9. The van der Waals surface area contributed by atoms with Crippen LogP contribution in [0.5, 0.6) is 0 Å². The Kier molecular flexibility index (Phi) is 4.85. The van der Waals surface area contributed by atoms with Gasteiger partial charge in [0, 0.05) is 21.3 Å². The second kappa shape index (κ2) is 7.60. The number of rotatable bonds is 4. The zero-order valence-electron chi connectivity index (χ0n) is 14.3. The molecular weight excluding hydrogens is 402 g/mol. The number of imidazole rings is 1. The van der Waals surface area contributed by atoms with Crippen molar-refractivity contribution in [2.75, 3.05) is 5.32 Å². The molecule has 27 heavy (non-hydrogen) atoms. The summed E-state index contributed by atoms with van der Waals surface area (Å²) in [7, 11) is 0. The van der Waals surface area contributed by atoms with E-state index in [1.165, 1.54) is 0 Å². The lowest BCUT2D eigenvalue weighted by Gasteiger charge is -2.03. The van der Waals surface area contributed by atoms with E-state index in [2.05, 4.69) is 31.2 Å². The van der Waals surface area contributed by atoms with Gasteiger partial charge in [-0.25, -0.2) is 4.98 Å². The molecule has 0 saturated heterocycles. The molecule has 0 aliphatic rings. The first-order valence-corrected chi connectivity index (χ1v) is 9.28. The van der Waals surface area contributed by atoms with Crippen LogP contribution in [0.3, 0.4) is 0 Å². The lowest BCUT2D eigenvalue weighted by molar-refractivity contribution is 0.101. The number of hydrogen-bond acceptors (Lipinski definition) is 2. The Hall–Kier alpha value is -3.18. The molecule has 0 fully saturated rings. The summed E-state index contributed by atoms with van der Waals surface area (Å²) >= 11 is 3.39. The van der Waals surface area contributed by atoms with E-state index in [0.717, 1.165) is 27.0 Å². The molecule has 0 aliphatic carbocycles. The molecule has 0 spiro atoms. The largest absolute Gasteiger partial charge is 0.333 e. The zero-order valence-corrected chi connectivity index (χ0v) is 15.9. The molecule has 0 saturated carbocycles. The summed E-state index contributed by atoms with van der Waals surface area (Å²) in [5.41, 5.74) is 4.22. The van der Waals surface area contributed by atoms with E-state index in [-0.39, 0.29) is 11.7 Å². The summed E-state index contributed by atoms with van der Waals surface area (Å²) < 4.78 is 0.955. The second-order valence-electron chi connectivity index (χ2n) is 6.00. The molecule has 132 valence electrons. The molecular formula is C22H16BrN3O. The van der Waals surface area contributed by atoms with Crippen molar-refractivity contribution in [3.8, 4) is 22.5 Å². The third kappa shape index (κ3) is 3.83. The van der Waals surface area contributed by atoms with Gasteiger partial charge in [-0.05, 0) is 24.3 Å². The van der Waals surface area contributed by atoms with E-state index in [1.807, 2.05) is 84.9 Å². The van der Waals surface area contributed by atoms with Crippen LogP contribution in [0.1, 0.15) is 10.6 Å². The number of halogens is 1. The molecule has 4 aromatic rings. The Bertz CT molecular complexity index is 1000. The summed E-state index contributed by atoms with van der Waals surface area (Å²) in [4.78, 5) is 20.5. The van der Waals surface area contributed by atoms with Crippen molar-refractivity contribution in [3.63, 3.8) is 0 Å². The Labute approximate surface area is 165 Å². The average molecular weight is 418 g/mol.